The molecule has 2 aromatic rings. The summed E-state index contributed by atoms with van der Waals surface area (Å²) in [4.78, 5) is 28.3. The van der Waals surface area contributed by atoms with Crippen molar-refractivity contribution < 1.29 is 14.3 Å². The van der Waals surface area contributed by atoms with Crippen LogP contribution in [0.2, 0.25) is 0 Å². The first-order valence-corrected chi connectivity index (χ1v) is 13.2. The van der Waals surface area contributed by atoms with E-state index in [1.54, 1.807) is 6.07 Å². The van der Waals surface area contributed by atoms with Gasteiger partial charge in [0.2, 0.25) is 5.91 Å². The molecule has 0 bridgehead atoms. The van der Waals surface area contributed by atoms with Crippen molar-refractivity contribution in [1.29, 1.82) is 5.41 Å². The van der Waals surface area contributed by atoms with E-state index in [9.17, 15) is 9.59 Å². The molecule has 7 heteroatoms. The van der Waals surface area contributed by atoms with Gasteiger partial charge >= 0.3 is 0 Å². The second-order valence-electron chi connectivity index (χ2n) is 11.5. The van der Waals surface area contributed by atoms with Crippen molar-refractivity contribution in [3.63, 3.8) is 0 Å². The van der Waals surface area contributed by atoms with Crippen molar-refractivity contribution in [2.45, 2.75) is 83.5 Å². The molecule has 3 N–H and O–H groups in total. The van der Waals surface area contributed by atoms with Crippen molar-refractivity contribution in [3.05, 3.63) is 65.2 Å². The van der Waals surface area contributed by atoms with Crippen LogP contribution in [-0.4, -0.2) is 33.8 Å². The second kappa shape index (κ2) is 10.5. The van der Waals surface area contributed by atoms with Gasteiger partial charge in [0.15, 0.2) is 5.96 Å². The Kier molecular flexibility index (Phi) is 7.55. The minimum absolute atomic E-state index is 0.0652. The molecule has 4 rings (SSSR count). The zero-order valence-corrected chi connectivity index (χ0v) is 22.9. The monoisotopic (exact) mass is 514 g/mol. The maximum absolute atomic E-state index is 13.5. The Hall–Kier alpha value is -3.79. The van der Waals surface area contributed by atoms with Crippen LogP contribution in [-0.2, 0) is 4.79 Å². The van der Waals surface area contributed by atoms with Gasteiger partial charge < -0.3 is 15.4 Å². The first kappa shape index (κ1) is 27.3. The van der Waals surface area contributed by atoms with E-state index in [4.69, 9.17) is 16.6 Å². The number of ether oxygens (including phenoxy) is 1. The topological polar surface area (TPSA) is 94.5 Å². The van der Waals surface area contributed by atoms with Gasteiger partial charge in [0.25, 0.3) is 5.91 Å². The lowest BCUT2D eigenvalue weighted by Gasteiger charge is -2.45. The molecule has 0 spiro atoms. The first-order chi connectivity index (χ1) is 17.9. The molecular weight excluding hydrogens is 476 g/mol. The molecule has 3 atom stereocenters. The number of fused-ring (bicyclic) bond motifs is 1. The van der Waals surface area contributed by atoms with Crippen molar-refractivity contribution in [1.82, 2.24) is 15.5 Å². The molecule has 2 aliphatic heterocycles. The van der Waals surface area contributed by atoms with E-state index in [0.717, 1.165) is 16.9 Å². The molecule has 1 saturated heterocycles. The summed E-state index contributed by atoms with van der Waals surface area (Å²) < 4.78 is 6.11. The fourth-order valence-electron chi connectivity index (χ4n) is 5.30. The van der Waals surface area contributed by atoms with E-state index in [0.29, 0.717) is 24.8 Å². The maximum atomic E-state index is 13.5. The van der Waals surface area contributed by atoms with Gasteiger partial charge in [-0.2, -0.15) is 0 Å². The van der Waals surface area contributed by atoms with Gasteiger partial charge in [0.05, 0.1) is 18.5 Å². The number of hydrogen-bond donors (Lipinski definition) is 3. The Balaban J connectivity index is 1.60. The van der Waals surface area contributed by atoms with E-state index in [1.807, 2.05) is 77.1 Å². The molecule has 2 aliphatic rings. The molecule has 0 radical (unpaired) electrons. The number of hydrogen-bond acceptors (Lipinski definition) is 4. The number of guanidine groups is 1. The molecule has 2 aromatic carbocycles. The minimum atomic E-state index is -0.489. The third-order valence-electron chi connectivity index (χ3n) is 7.80. The third kappa shape index (κ3) is 5.55. The van der Waals surface area contributed by atoms with Crippen LogP contribution in [0.1, 0.15) is 93.9 Å². The van der Waals surface area contributed by atoms with E-state index in [1.165, 1.54) is 4.90 Å². The van der Waals surface area contributed by atoms with Crippen LogP contribution in [0.25, 0.3) is 0 Å². The zero-order chi connectivity index (χ0) is 27.7. The summed E-state index contributed by atoms with van der Waals surface area (Å²) in [6, 6.07) is 14.4. The van der Waals surface area contributed by atoms with Crippen molar-refractivity contribution in [3.8, 4) is 18.1 Å². The second-order valence-corrected chi connectivity index (χ2v) is 11.5. The average Bonchev–Trinajstić information content (AvgIpc) is 2.84. The van der Waals surface area contributed by atoms with Gasteiger partial charge in [-0.3, -0.25) is 19.9 Å². The summed E-state index contributed by atoms with van der Waals surface area (Å²) in [5, 5.41) is 15.2. The highest BCUT2D eigenvalue weighted by Crippen LogP contribution is 2.39. The van der Waals surface area contributed by atoms with Crippen molar-refractivity contribution in [2.75, 3.05) is 0 Å². The standard InChI is InChI=1S/C31H38N4O3/c1-7-8-15-25(35-27(36)19-31(6,20(2)3)34-29(35)32)21-12-11-13-22(17-21)28(37)33-24-18-30(4,5)38-26-16-10-9-14-23(24)26/h1,9-14,16-17,20,24-25H,8,15,18-19H2,2-6H3,(H2,32,34)(H,33,37)/t24-,25-,31-/m0/s1. The Bertz CT molecular complexity index is 1260. The molecular formula is C31H38N4O3. The molecule has 2 amide bonds. The van der Waals surface area contributed by atoms with Crippen molar-refractivity contribution in [2.24, 2.45) is 5.92 Å². The van der Waals surface area contributed by atoms with Gasteiger partial charge in [-0.25, -0.2) is 0 Å². The first-order valence-electron chi connectivity index (χ1n) is 13.2. The molecule has 1 fully saturated rings. The SMILES string of the molecule is C#CCC[C@@H](c1cccc(C(=O)N[C@H]2CC(C)(C)Oc3ccccc32)c1)N1C(=N)N[C@](C)(C(C)C)CC1=O. The quantitative estimate of drug-likeness (QED) is 0.435. The van der Waals surface area contributed by atoms with Crippen LogP contribution in [0.4, 0.5) is 0 Å². The number of rotatable bonds is 7. The van der Waals surface area contributed by atoms with Crippen LogP contribution in [0, 0.1) is 23.7 Å². The molecule has 38 heavy (non-hydrogen) atoms. The third-order valence-corrected chi connectivity index (χ3v) is 7.80. The summed E-state index contributed by atoms with van der Waals surface area (Å²) in [5.41, 5.74) is 1.31. The van der Waals surface area contributed by atoms with Crippen LogP contribution >= 0.6 is 0 Å². The van der Waals surface area contributed by atoms with Gasteiger partial charge in [-0.15, -0.1) is 12.3 Å². The van der Waals surface area contributed by atoms with E-state index >= 15 is 0 Å². The highest BCUT2D eigenvalue weighted by Gasteiger charge is 2.43. The molecule has 0 aromatic heterocycles. The van der Waals surface area contributed by atoms with E-state index in [-0.39, 0.29) is 36.2 Å². The van der Waals surface area contributed by atoms with Gasteiger partial charge in [-0.05, 0) is 56.9 Å². The highest BCUT2D eigenvalue weighted by molar-refractivity contribution is 6.00. The average molecular weight is 515 g/mol. The van der Waals surface area contributed by atoms with Crippen LogP contribution in [0.3, 0.4) is 0 Å². The number of benzene rings is 2. The minimum Gasteiger partial charge on any atom is -0.487 e. The molecule has 7 nitrogen and oxygen atoms in total. The van der Waals surface area contributed by atoms with Crippen LogP contribution in [0.5, 0.6) is 5.75 Å². The number of nitrogens with zero attached hydrogens (tertiary/aromatic N) is 1. The number of carbonyl (C=O) groups excluding carboxylic acids is 2. The highest BCUT2D eigenvalue weighted by atomic mass is 16.5. The summed E-state index contributed by atoms with van der Waals surface area (Å²) in [6.07, 6.45) is 7.42. The Morgan fingerprint density at radius 1 is 1.24 bits per heavy atom. The number of carbonyl (C=O) groups is 2. The van der Waals surface area contributed by atoms with E-state index in [2.05, 4.69) is 16.6 Å². The molecule has 0 aliphatic carbocycles. The summed E-state index contributed by atoms with van der Waals surface area (Å²) >= 11 is 0. The van der Waals surface area contributed by atoms with Gasteiger partial charge in [-0.1, -0.05) is 44.2 Å². The summed E-state index contributed by atoms with van der Waals surface area (Å²) in [6.45, 7) is 10.1. The molecule has 200 valence electrons. The van der Waals surface area contributed by atoms with Crippen LogP contribution in [0.15, 0.2) is 48.5 Å². The van der Waals surface area contributed by atoms with Crippen molar-refractivity contribution >= 4 is 17.8 Å². The van der Waals surface area contributed by atoms with Gasteiger partial charge in [0, 0.05) is 29.5 Å². The Morgan fingerprint density at radius 2 is 1.97 bits per heavy atom. The number of para-hydroxylation sites is 1. The fourth-order valence-corrected chi connectivity index (χ4v) is 5.30. The lowest BCUT2D eigenvalue weighted by atomic mass is 9.82. The molecule has 2 heterocycles. The smallest absolute Gasteiger partial charge is 0.251 e. The normalized spacial score (nSPS) is 23.1. The number of nitrogens with one attached hydrogen (secondary N) is 3. The zero-order valence-electron chi connectivity index (χ0n) is 22.9. The lowest BCUT2D eigenvalue weighted by Crippen LogP contribution is -2.63. The predicted molar refractivity (Wildman–Crippen MR) is 149 cm³/mol. The maximum Gasteiger partial charge on any atom is 0.251 e. The largest absolute Gasteiger partial charge is 0.487 e. The Labute approximate surface area is 225 Å². The van der Waals surface area contributed by atoms with Crippen LogP contribution < -0.4 is 15.4 Å². The number of terminal acetylenes is 1. The lowest BCUT2D eigenvalue weighted by molar-refractivity contribution is -0.133. The predicted octanol–water partition coefficient (Wildman–Crippen LogP) is 5.34. The summed E-state index contributed by atoms with van der Waals surface area (Å²) in [5.74, 6) is 3.35. The van der Waals surface area contributed by atoms with E-state index < -0.39 is 17.2 Å². The summed E-state index contributed by atoms with van der Waals surface area (Å²) in [7, 11) is 0. The number of amides is 2. The van der Waals surface area contributed by atoms with Gasteiger partial charge in [0.1, 0.15) is 11.4 Å². The fraction of sp³-hybridized carbons (Fsp3) is 0.452. The molecule has 0 saturated carbocycles. The Morgan fingerprint density at radius 3 is 2.66 bits per heavy atom. The molecule has 0 unspecified atom stereocenters.